The fraction of sp³-hybridized carbons (Fsp3) is 0.615. The van der Waals surface area contributed by atoms with E-state index >= 15 is 0 Å². The average molecular weight is 199 g/mol. The summed E-state index contributed by atoms with van der Waals surface area (Å²) in [5.41, 5.74) is 1.13. The van der Waals surface area contributed by atoms with Gasteiger partial charge in [-0.3, -0.25) is 4.99 Å². The lowest BCUT2D eigenvalue weighted by atomic mass is 10.3. The lowest BCUT2D eigenvalue weighted by Crippen LogP contribution is -1.82. The molecule has 0 aromatic heterocycles. The van der Waals surface area contributed by atoms with E-state index in [4.69, 9.17) is 0 Å². The Bertz CT molecular complexity index is 112. The van der Waals surface area contributed by atoms with Gasteiger partial charge in [-0.25, -0.2) is 0 Å². The summed E-state index contributed by atoms with van der Waals surface area (Å²) in [6.45, 7) is 20.8. The summed E-state index contributed by atoms with van der Waals surface area (Å²) in [6.07, 6.45) is 4.34. The summed E-state index contributed by atoms with van der Waals surface area (Å²) in [6, 6.07) is 0. The molecule has 0 unspecified atom stereocenters. The molecule has 1 nitrogen and oxygen atoms in total. The number of aliphatic imine (C=N–C) groups is 1. The predicted octanol–water partition coefficient (Wildman–Crippen LogP) is 5.25. The fourth-order valence-corrected chi connectivity index (χ4v) is 0.247. The Kier molecular flexibility index (Phi) is 66.1. The molecule has 0 aromatic rings. The van der Waals surface area contributed by atoms with Crippen molar-refractivity contribution in [2.75, 3.05) is 0 Å². The first-order valence-corrected chi connectivity index (χ1v) is 5.44. The van der Waals surface area contributed by atoms with Crippen LogP contribution >= 0.6 is 0 Å². The lowest BCUT2D eigenvalue weighted by Gasteiger charge is -1.85. The van der Waals surface area contributed by atoms with E-state index in [1.54, 1.807) is 12.3 Å². The quantitative estimate of drug-likeness (QED) is 0.425. The maximum Gasteiger partial charge on any atom is 0.0195 e. The van der Waals surface area contributed by atoms with Crippen LogP contribution in [0.2, 0.25) is 0 Å². The van der Waals surface area contributed by atoms with Crippen LogP contribution in [0, 0.1) is 0 Å². The van der Waals surface area contributed by atoms with E-state index in [0.717, 1.165) is 12.1 Å². The maximum atomic E-state index is 3.92. The molecule has 0 N–H and O–H groups in total. The SMILES string of the molecule is C=CC.C=CN=C(C)CC.CC.CC. The van der Waals surface area contributed by atoms with Crippen molar-refractivity contribution in [3.8, 4) is 0 Å². The minimum Gasteiger partial charge on any atom is -0.267 e. The molecule has 0 aliphatic carbocycles. The highest BCUT2D eigenvalue weighted by molar-refractivity contribution is 5.81. The van der Waals surface area contributed by atoms with Crippen LogP contribution in [-0.2, 0) is 0 Å². The molecule has 0 saturated heterocycles. The third-order valence-corrected chi connectivity index (χ3v) is 0.823. The van der Waals surface area contributed by atoms with Crippen LogP contribution in [0.25, 0.3) is 0 Å². The van der Waals surface area contributed by atoms with Gasteiger partial charge >= 0.3 is 0 Å². The fourth-order valence-electron chi connectivity index (χ4n) is 0.247. The van der Waals surface area contributed by atoms with Crippen LogP contribution in [0.4, 0.5) is 0 Å². The Morgan fingerprint density at radius 3 is 1.50 bits per heavy atom. The van der Waals surface area contributed by atoms with Gasteiger partial charge in [0.05, 0.1) is 0 Å². The van der Waals surface area contributed by atoms with Crippen molar-refractivity contribution < 1.29 is 0 Å². The Morgan fingerprint density at radius 1 is 1.14 bits per heavy atom. The van der Waals surface area contributed by atoms with Crippen molar-refractivity contribution in [1.29, 1.82) is 0 Å². The van der Waals surface area contributed by atoms with Gasteiger partial charge in [-0.15, -0.1) is 6.58 Å². The molecule has 0 fully saturated rings. The van der Waals surface area contributed by atoms with Gasteiger partial charge in [0.25, 0.3) is 0 Å². The van der Waals surface area contributed by atoms with Crippen molar-refractivity contribution in [2.45, 2.75) is 54.9 Å². The molecule has 0 atom stereocenters. The van der Waals surface area contributed by atoms with E-state index < -0.39 is 0 Å². The first-order valence-electron chi connectivity index (χ1n) is 5.44. The molecule has 0 rings (SSSR count). The molecule has 0 bridgehead atoms. The van der Waals surface area contributed by atoms with E-state index in [2.05, 4.69) is 25.1 Å². The number of rotatable bonds is 2. The predicted molar refractivity (Wildman–Crippen MR) is 72.2 cm³/mol. The largest absolute Gasteiger partial charge is 0.267 e. The molecule has 0 aliphatic heterocycles. The molecule has 0 saturated carbocycles. The smallest absolute Gasteiger partial charge is 0.0195 e. The third-order valence-electron chi connectivity index (χ3n) is 0.823. The third kappa shape index (κ3) is 66.7. The van der Waals surface area contributed by atoms with E-state index in [-0.39, 0.29) is 0 Å². The molecule has 14 heavy (non-hydrogen) atoms. The Morgan fingerprint density at radius 2 is 1.43 bits per heavy atom. The zero-order valence-electron chi connectivity index (χ0n) is 11.2. The standard InChI is InChI=1S/C6H11N.C3H6.2C2H6/c1-4-6(3)7-5-2;1-3-2;2*1-2/h5H,2,4H2,1,3H3;3H,1H2,2H3;2*1-2H3. The van der Waals surface area contributed by atoms with Crippen LogP contribution < -0.4 is 0 Å². The van der Waals surface area contributed by atoms with Crippen LogP contribution in [0.15, 0.2) is 30.4 Å². The summed E-state index contributed by atoms with van der Waals surface area (Å²) in [4.78, 5) is 3.92. The molecular formula is C13H29N. The maximum absolute atomic E-state index is 3.92. The number of hydrogen-bond acceptors (Lipinski definition) is 1. The second kappa shape index (κ2) is 39.9. The minimum atomic E-state index is 1.02. The van der Waals surface area contributed by atoms with Gasteiger partial charge in [-0.05, 0) is 20.3 Å². The summed E-state index contributed by atoms with van der Waals surface area (Å²) in [5, 5.41) is 0. The van der Waals surface area contributed by atoms with Gasteiger partial charge < -0.3 is 0 Å². The number of allylic oxidation sites excluding steroid dienone is 1. The molecule has 0 amide bonds. The summed E-state index contributed by atoms with van der Waals surface area (Å²) in [5.74, 6) is 0. The highest BCUT2D eigenvalue weighted by atomic mass is 14.7. The molecule has 86 valence electrons. The van der Waals surface area contributed by atoms with Crippen LogP contribution in [0.3, 0.4) is 0 Å². The van der Waals surface area contributed by atoms with Crippen LogP contribution in [0.1, 0.15) is 54.9 Å². The molecule has 0 aliphatic rings. The van der Waals surface area contributed by atoms with Crippen LogP contribution in [0.5, 0.6) is 0 Å². The van der Waals surface area contributed by atoms with E-state index in [0.29, 0.717) is 0 Å². The second-order valence-electron chi connectivity index (χ2n) is 1.81. The normalized spacial score (nSPS) is 7.50. The van der Waals surface area contributed by atoms with Crippen molar-refractivity contribution in [3.63, 3.8) is 0 Å². The number of nitrogens with zero attached hydrogens (tertiary/aromatic N) is 1. The molecule has 0 radical (unpaired) electrons. The highest BCUT2D eigenvalue weighted by Gasteiger charge is 1.76. The molecule has 1 heteroatoms. The number of hydrogen-bond donors (Lipinski definition) is 0. The van der Waals surface area contributed by atoms with E-state index in [1.165, 1.54) is 0 Å². The second-order valence-corrected chi connectivity index (χ2v) is 1.81. The average Bonchev–Trinajstić information content (AvgIpc) is 2.25. The van der Waals surface area contributed by atoms with E-state index in [1.807, 2.05) is 41.5 Å². The van der Waals surface area contributed by atoms with Crippen molar-refractivity contribution in [1.82, 2.24) is 0 Å². The monoisotopic (exact) mass is 199 g/mol. The first kappa shape index (κ1) is 23.2. The zero-order chi connectivity index (χ0) is 12.4. The molecular weight excluding hydrogens is 170 g/mol. The Balaban J connectivity index is -0.0000000603. The van der Waals surface area contributed by atoms with E-state index in [9.17, 15) is 0 Å². The van der Waals surface area contributed by atoms with Gasteiger partial charge in [0.15, 0.2) is 0 Å². The topological polar surface area (TPSA) is 12.4 Å². The van der Waals surface area contributed by atoms with Crippen molar-refractivity contribution in [3.05, 3.63) is 25.4 Å². The van der Waals surface area contributed by atoms with Gasteiger partial charge in [-0.2, -0.15) is 0 Å². The zero-order valence-corrected chi connectivity index (χ0v) is 11.2. The Hall–Kier alpha value is -0.850. The van der Waals surface area contributed by atoms with Gasteiger partial charge in [0.1, 0.15) is 0 Å². The lowest BCUT2D eigenvalue weighted by molar-refractivity contribution is 1.25. The summed E-state index contributed by atoms with van der Waals surface area (Å²) < 4.78 is 0. The van der Waals surface area contributed by atoms with Gasteiger partial charge in [0, 0.05) is 11.9 Å². The molecule has 0 spiro atoms. The Labute approximate surface area is 91.7 Å². The van der Waals surface area contributed by atoms with Gasteiger partial charge in [-0.1, -0.05) is 47.3 Å². The highest BCUT2D eigenvalue weighted by Crippen LogP contribution is 1.82. The first-order chi connectivity index (χ1) is 6.72. The van der Waals surface area contributed by atoms with Crippen molar-refractivity contribution in [2.24, 2.45) is 4.99 Å². The van der Waals surface area contributed by atoms with Gasteiger partial charge in [0.2, 0.25) is 0 Å². The molecule has 0 aromatic carbocycles. The summed E-state index contributed by atoms with van der Waals surface area (Å²) in [7, 11) is 0. The summed E-state index contributed by atoms with van der Waals surface area (Å²) >= 11 is 0. The van der Waals surface area contributed by atoms with Crippen molar-refractivity contribution >= 4 is 5.71 Å². The van der Waals surface area contributed by atoms with Crippen LogP contribution in [-0.4, -0.2) is 5.71 Å². The minimum absolute atomic E-state index is 1.02. The molecule has 0 heterocycles.